The van der Waals surface area contributed by atoms with Crippen molar-refractivity contribution in [1.82, 2.24) is 0 Å². The fourth-order valence-corrected chi connectivity index (χ4v) is 4.57. The summed E-state index contributed by atoms with van der Waals surface area (Å²) >= 11 is 16.2. The monoisotopic (exact) mass is 403 g/mol. The van der Waals surface area contributed by atoms with Gasteiger partial charge < -0.3 is 11.5 Å². The van der Waals surface area contributed by atoms with Crippen molar-refractivity contribution in [3.05, 3.63) is 26.7 Å². The van der Waals surface area contributed by atoms with Crippen LogP contribution in [0.15, 0.2) is 26.6 Å². The van der Waals surface area contributed by atoms with Gasteiger partial charge in [-0.25, -0.2) is 4.99 Å². The molecule has 1 aromatic carbocycles. The van der Waals surface area contributed by atoms with Crippen molar-refractivity contribution < 1.29 is 0 Å². The summed E-state index contributed by atoms with van der Waals surface area (Å²) in [6.07, 6.45) is 4.95. The highest BCUT2D eigenvalue weighted by Gasteiger charge is 2.44. The van der Waals surface area contributed by atoms with Crippen LogP contribution in [0.25, 0.3) is 0 Å². The fraction of sp³-hybridized carbons (Fsp3) is 0.429. The summed E-state index contributed by atoms with van der Waals surface area (Å²) in [5.41, 5.74) is 12.1. The Morgan fingerprint density at radius 1 is 1.09 bits per heavy atom. The maximum atomic E-state index is 6.43. The topological polar surface area (TPSA) is 80.0 Å². The molecule has 0 unspecified atom stereocenters. The van der Waals surface area contributed by atoms with Gasteiger partial charge in [-0.15, -0.1) is 0 Å². The minimum Gasteiger partial charge on any atom is -0.369 e. The average molecular weight is 405 g/mol. The lowest BCUT2D eigenvalue weighted by Gasteiger charge is -2.46. The third kappa shape index (κ3) is 2.68. The molecule has 3 rings (SSSR count). The zero-order chi connectivity index (χ0) is 15.9. The molecule has 22 heavy (non-hydrogen) atoms. The molecule has 5 nitrogen and oxygen atoms in total. The first-order valence-electron chi connectivity index (χ1n) is 7.07. The molecule has 1 aliphatic carbocycles. The van der Waals surface area contributed by atoms with Crippen LogP contribution in [-0.4, -0.2) is 17.6 Å². The van der Waals surface area contributed by atoms with Crippen LogP contribution in [-0.2, 0) is 0 Å². The van der Waals surface area contributed by atoms with Gasteiger partial charge >= 0.3 is 0 Å². The predicted octanol–water partition coefficient (Wildman–Crippen LogP) is 3.87. The minimum atomic E-state index is -0.546. The summed E-state index contributed by atoms with van der Waals surface area (Å²) in [5.74, 6) is 0.487. The molecule has 0 amide bonds. The van der Waals surface area contributed by atoms with Crippen molar-refractivity contribution in [1.29, 1.82) is 0 Å². The number of rotatable bonds is 1. The van der Waals surface area contributed by atoms with E-state index in [0.717, 1.165) is 30.2 Å². The highest BCUT2D eigenvalue weighted by Crippen LogP contribution is 2.45. The molecule has 1 saturated carbocycles. The minimum absolute atomic E-state index is 0.208. The second kappa shape index (κ2) is 5.91. The van der Waals surface area contributed by atoms with E-state index in [2.05, 4.69) is 25.9 Å². The summed E-state index contributed by atoms with van der Waals surface area (Å²) in [6, 6.07) is 3.57. The molecule has 1 aromatic rings. The molecule has 1 fully saturated rings. The van der Waals surface area contributed by atoms with E-state index in [-0.39, 0.29) is 11.9 Å². The lowest BCUT2D eigenvalue weighted by Crippen LogP contribution is -2.58. The van der Waals surface area contributed by atoms with Crippen LogP contribution in [0.1, 0.15) is 32.1 Å². The summed E-state index contributed by atoms with van der Waals surface area (Å²) < 4.78 is 0.805. The van der Waals surface area contributed by atoms with Crippen molar-refractivity contribution in [2.24, 2.45) is 21.5 Å². The van der Waals surface area contributed by atoms with Crippen LogP contribution in [0.5, 0.6) is 0 Å². The van der Waals surface area contributed by atoms with E-state index < -0.39 is 5.66 Å². The van der Waals surface area contributed by atoms with Gasteiger partial charge in [0, 0.05) is 4.47 Å². The van der Waals surface area contributed by atoms with Gasteiger partial charge in [-0.05, 0) is 37.8 Å². The Balaban J connectivity index is 2.16. The van der Waals surface area contributed by atoms with Crippen molar-refractivity contribution in [3.63, 3.8) is 0 Å². The third-order valence-electron chi connectivity index (χ3n) is 4.06. The summed E-state index contributed by atoms with van der Waals surface area (Å²) in [5, 5.41) is 0.997. The van der Waals surface area contributed by atoms with E-state index in [9.17, 15) is 0 Å². The van der Waals surface area contributed by atoms with Crippen molar-refractivity contribution in [2.75, 3.05) is 4.90 Å². The molecule has 0 radical (unpaired) electrons. The molecule has 0 atom stereocenters. The summed E-state index contributed by atoms with van der Waals surface area (Å²) in [4.78, 5) is 10.6. The van der Waals surface area contributed by atoms with Crippen molar-refractivity contribution in [3.8, 4) is 0 Å². The first-order chi connectivity index (χ1) is 10.4. The normalized spacial score (nSPS) is 20.8. The second-order valence-corrected chi connectivity index (χ2v) is 7.27. The molecule has 1 spiro atoms. The van der Waals surface area contributed by atoms with Gasteiger partial charge in [0.25, 0.3) is 0 Å². The lowest BCUT2D eigenvalue weighted by molar-refractivity contribution is 0.305. The molecule has 118 valence electrons. The number of hydrogen-bond donors (Lipinski definition) is 2. The maximum absolute atomic E-state index is 6.43. The van der Waals surface area contributed by atoms with Crippen LogP contribution in [0, 0.1) is 0 Å². The van der Waals surface area contributed by atoms with Gasteiger partial charge in [0.05, 0.1) is 15.7 Å². The Bertz CT molecular complexity index is 644. The first-order valence-corrected chi connectivity index (χ1v) is 8.62. The standard InChI is InChI=1S/C14H16BrCl2N5/c15-8-6-9(16)11(10(17)7-8)22-13(19)20-12(18)21-14(22)4-2-1-3-5-14/h6-7H,1-5H2,(H4,18,19,20,21). The van der Waals surface area contributed by atoms with E-state index in [4.69, 9.17) is 34.7 Å². The first kappa shape index (κ1) is 15.9. The largest absolute Gasteiger partial charge is 0.369 e. The highest BCUT2D eigenvalue weighted by molar-refractivity contribution is 9.10. The number of guanidine groups is 2. The molecule has 8 heteroatoms. The average Bonchev–Trinajstić information content (AvgIpc) is 2.41. The van der Waals surface area contributed by atoms with E-state index in [1.807, 2.05) is 4.90 Å². The Morgan fingerprint density at radius 3 is 2.27 bits per heavy atom. The Labute approximate surface area is 147 Å². The zero-order valence-corrected chi connectivity index (χ0v) is 14.9. The highest BCUT2D eigenvalue weighted by atomic mass is 79.9. The van der Waals surface area contributed by atoms with E-state index in [1.54, 1.807) is 12.1 Å². The summed E-state index contributed by atoms with van der Waals surface area (Å²) in [7, 11) is 0. The third-order valence-corrected chi connectivity index (χ3v) is 5.09. The molecular formula is C14H16BrCl2N5. The SMILES string of the molecule is NC1=NC2(CCCCC2)N(c2c(Cl)cc(Br)cc2Cl)C(N)=N1. The van der Waals surface area contributed by atoms with Gasteiger partial charge in [0.1, 0.15) is 5.66 Å². The number of anilines is 1. The number of benzene rings is 1. The number of nitrogens with two attached hydrogens (primary N) is 2. The number of halogens is 3. The van der Waals surface area contributed by atoms with Gasteiger partial charge in [0.15, 0.2) is 0 Å². The van der Waals surface area contributed by atoms with Crippen LogP contribution >= 0.6 is 39.1 Å². The lowest BCUT2D eigenvalue weighted by atomic mass is 9.87. The second-order valence-electron chi connectivity index (χ2n) is 5.54. The Kier molecular flexibility index (Phi) is 4.27. The van der Waals surface area contributed by atoms with Crippen molar-refractivity contribution >= 4 is 56.7 Å². The van der Waals surface area contributed by atoms with E-state index in [1.165, 1.54) is 6.42 Å². The van der Waals surface area contributed by atoms with Gasteiger partial charge in [-0.2, -0.15) is 4.99 Å². The van der Waals surface area contributed by atoms with Crippen LogP contribution in [0.3, 0.4) is 0 Å². The number of nitrogens with zero attached hydrogens (tertiary/aromatic N) is 3. The van der Waals surface area contributed by atoms with Crippen molar-refractivity contribution in [2.45, 2.75) is 37.8 Å². The Morgan fingerprint density at radius 2 is 1.68 bits per heavy atom. The van der Waals surface area contributed by atoms with Gasteiger partial charge in [-0.1, -0.05) is 45.6 Å². The number of aliphatic imine (C=N–C) groups is 2. The van der Waals surface area contributed by atoms with Crippen LogP contribution in [0.2, 0.25) is 10.0 Å². The molecule has 1 aliphatic heterocycles. The molecule has 1 heterocycles. The zero-order valence-electron chi connectivity index (χ0n) is 11.8. The smallest absolute Gasteiger partial charge is 0.220 e. The quantitative estimate of drug-likeness (QED) is 0.745. The molecule has 0 bridgehead atoms. The molecule has 2 aliphatic rings. The van der Waals surface area contributed by atoms with Crippen LogP contribution in [0.4, 0.5) is 5.69 Å². The van der Waals surface area contributed by atoms with Gasteiger partial charge in [-0.3, -0.25) is 4.90 Å². The maximum Gasteiger partial charge on any atom is 0.220 e. The Hall–Kier alpha value is -0.980. The van der Waals surface area contributed by atoms with Gasteiger partial charge in [0.2, 0.25) is 11.9 Å². The van der Waals surface area contributed by atoms with E-state index >= 15 is 0 Å². The molecule has 0 aromatic heterocycles. The molecule has 0 saturated heterocycles. The summed E-state index contributed by atoms with van der Waals surface area (Å²) in [6.45, 7) is 0. The molecular weight excluding hydrogens is 389 g/mol. The van der Waals surface area contributed by atoms with Crippen LogP contribution < -0.4 is 16.4 Å². The predicted molar refractivity (Wildman–Crippen MR) is 95.7 cm³/mol. The fourth-order valence-electron chi connectivity index (χ4n) is 3.19. The number of hydrogen-bond acceptors (Lipinski definition) is 5. The molecule has 4 N–H and O–H groups in total. The van der Waals surface area contributed by atoms with E-state index in [0.29, 0.717) is 15.7 Å².